The number of rotatable bonds is 1. The number of alkyl halides is 2. The molecule has 0 amide bonds. The molecule has 1 aliphatic carbocycles. The van der Waals surface area contributed by atoms with Crippen molar-refractivity contribution < 1.29 is 8.78 Å². The molecule has 0 radical (unpaired) electrons. The topological polar surface area (TPSA) is 62.4 Å². The van der Waals surface area contributed by atoms with Crippen LogP contribution in [-0.4, -0.2) is 25.0 Å². The summed E-state index contributed by atoms with van der Waals surface area (Å²) in [5.41, 5.74) is 2.37. The molecule has 0 spiro atoms. The van der Waals surface area contributed by atoms with Gasteiger partial charge in [0.25, 0.3) is 0 Å². The van der Waals surface area contributed by atoms with E-state index in [1.165, 1.54) is 0 Å². The zero-order chi connectivity index (χ0) is 10.6. The molecular weight excluding hydrogens is 190 g/mol. The number of hydrogen-bond donors (Lipinski definition) is 3. The Morgan fingerprint density at radius 1 is 1.43 bits per heavy atom. The van der Waals surface area contributed by atoms with Gasteiger partial charge in [0.15, 0.2) is 0 Å². The zero-order valence-electron chi connectivity index (χ0n) is 8.19. The highest BCUT2D eigenvalue weighted by Gasteiger charge is 2.34. The van der Waals surface area contributed by atoms with Crippen molar-refractivity contribution in [1.29, 1.82) is 0 Å². The van der Waals surface area contributed by atoms with E-state index in [0.29, 0.717) is 18.8 Å². The predicted molar refractivity (Wildman–Crippen MR) is 51.0 cm³/mol. The molecule has 1 saturated carbocycles. The molecule has 0 heterocycles. The van der Waals surface area contributed by atoms with E-state index in [1.54, 1.807) is 7.05 Å². The Balaban J connectivity index is 2.36. The van der Waals surface area contributed by atoms with Gasteiger partial charge in [-0.1, -0.05) is 0 Å². The third-order valence-electron chi connectivity index (χ3n) is 2.42. The number of halogens is 2. The van der Waals surface area contributed by atoms with Crippen LogP contribution in [0.1, 0.15) is 25.7 Å². The van der Waals surface area contributed by atoms with E-state index in [1.807, 2.05) is 0 Å². The molecule has 1 fully saturated rings. The van der Waals surface area contributed by atoms with E-state index in [-0.39, 0.29) is 18.9 Å². The minimum atomic E-state index is -2.49. The van der Waals surface area contributed by atoms with Gasteiger partial charge in [0.2, 0.25) is 11.9 Å². The van der Waals surface area contributed by atoms with Crippen LogP contribution in [0.3, 0.4) is 0 Å². The summed E-state index contributed by atoms with van der Waals surface area (Å²) < 4.78 is 25.6. The first-order valence-corrected chi connectivity index (χ1v) is 4.65. The van der Waals surface area contributed by atoms with E-state index in [9.17, 15) is 8.78 Å². The first-order chi connectivity index (χ1) is 6.57. The summed E-state index contributed by atoms with van der Waals surface area (Å²) >= 11 is 0. The molecule has 0 aromatic carbocycles. The highest BCUT2D eigenvalue weighted by atomic mass is 19.3. The normalized spacial score (nSPS) is 23.3. The Hall–Kier alpha value is -0.910. The SMILES string of the molecule is CN=C(NN)NC1CCC(F)(F)CC1. The van der Waals surface area contributed by atoms with Crippen molar-refractivity contribution in [3.63, 3.8) is 0 Å². The van der Waals surface area contributed by atoms with Crippen molar-refractivity contribution in [3.8, 4) is 0 Å². The van der Waals surface area contributed by atoms with Gasteiger partial charge in [-0.2, -0.15) is 0 Å². The fraction of sp³-hybridized carbons (Fsp3) is 0.875. The number of nitrogens with one attached hydrogen (secondary N) is 2. The second-order valence-corrected chi connectivity index (χ2v) is 3.49. The van der Waals surface area contributed by atoms with Crippen molar-refractivity contribution in [2.45, 2.75) is 37.6 Å². The Morgan fingerprint density at radius 2 is 2.00 bits per heavy atom. The summed E-state index contributed by atoms with van der Waals surface area (Å²) in [7, 11) is 1.58. The Morgan fingerprint density at radius 3 is 2.43 bits per heavy atom. The van der Waals surface area contributed by atoms with Gasteiger partial charge in [-0.05, 0) is 12.8 Å². The quantitative estimate of drug-likeness (QED) is 0.255. The van der Waals surface area contributed by atoms with Gasteiger partial charge in [0.1, 0.15) is 0 Å². The van der Waals surface area contributed by atoms with Crippen LogP contribution < -0.4 is 16.6 Å². The maximum atomic E-state index is 12.8. The third-order valence-corrected chi connectivity index (χ3v) is 2.42. The third kappa shape index (κ3) is 3.10. The van der Waals surface area contributed by atoms with Crippen molar-refractivity contribution in [3.05, 3.63) is 0 Å². The molecule has 0 saturated heterocycles. The van der Waals surface area contributed by atoms with Gasteiger partial charge < -0.3 is 5.32 Å². The predicted octanol–water partition coefficient (Wildman–Crippen LogP) is 0.603. The molecule has 6 heteroatoms. The highest BCUT2D eigenvalue weighted by Crippen LogP contribution is 2.32. The van der Waals surface area contributed by atoms with Crippen molar-refractivity contribution in [2.75, 3.05) is 7.05 Å². The molecule has 4 N–H and O–H groups in total. The smallest absolute Gasteiger partial charge is 0.248 e. The largest absolute Gasteiger partial charge is 0.353 e. The van der Waals surface area contributed by atoms with E-state index in [0.717, 1.165) is 0 Å². The Labute approximate surface area is 81.9 Å². The lowest BCUT2D eigenvalue weighted by Gasteiger charge is -2.29. The lowest BCUT2D eigenvalue weighted by molar-refractivity contribution is -0.0390. The number of nitrogens with zero attached hydrogens (tertiary/aromatic N) is 1. The van der Waals surface area contributed by atoms with Crippen LogP contribution >= 0.6 is 0 Å². The summed E-state index contributed by atoms with van der Waals surface area (Å²) in [5.74, 6) is 3.12. The minimum absolute atomic E-state index is 0.0457. The fourth-order valence-electron chi connectivity index (χ4n) is 1.55. The van der Waals surface area contributed by atoms with Gasteiger partial charge in [0.05, 0.1) is 0 Å². The lowest BCUT2D eigenvalue weighted by Crippen LogP contribution is -2.48. The number of hydrogen-bond acceptors (Lipinski definition) is 2. The van der Waals surface area contributed by atoms with Crippen LogP contribution in [-0.2, 0) is 0 Å². The summed E-state index contributed by atoms with van der Waals surface area (Å²) in [6.45, 7) is 0. The molecule has 14 heavy (non-hydrogen) atoms. The van der Waals surface area contributed by atoms with Gasteiger partial charge in [-0.15, -0.1) is 0 Å². The number of guanidine groups is 1. The Bertz CT molecular complexity index is 207. The van der Waals surface area contributed by atoms with Crippen LogP contribution in [0.2, 0.25) is 0 Å². The van der Waals surface area contributed by atoms with Gasteiger partial charge in [0, 0.05) is 25.9 Å². The van der Waals surface area contributed by atoms with Crippen LogP contribution in [0.5, 0.6) is 0 Å². The van der Waals surface area contributed by atoms with E-state index < -0.39 is 5.92 Å². The number of aliphatic imine (C=N–C) groups is 1. The molecule has 1 rings (SSSR count). The fourth-order valence-corrected chi connectivity index (χ4v) is 1.55. The van der Waals surface area contributed by atoms with Crippen LogP contribution in [0.25, 0.3) is 0 Å². The minimum Gasteiger partial charge on any atom is -0.353 e. The molecule has 0 unspecified atom stereocenters. The summed E-state index contributed by atoms with van der Waals surface area (Å²) in [5, 5.41) is 2.97. The average Bonchev–Trinajstić information content (AvgIpc) is 2.16. The van der Waals surface area contributed by atoms with Gasteiger partial charge in [-0.3, -0.25) is 10.4 Å². The van der Waals surface area contributed by atoms with Crippen molar-refractivity contribution >= 4 is 5.96 Å². The van der Waals surface area contributed by atoms with Crippen molar-refractivity contribution in [1.82, 2.24) is 10.7 Å². The lowest BCUT2D eigenvalue weighted by atomic mass is 9.92. The van der Waals surface area contributed by atoms with Crippen LogP contribution in [0, 0.1) is 0 Å². The van der Waals surface area contributed by atoms with Crippen LogP contribution in [0.15, 0.2) is 4.99 Å². The first kappa shape index (κ1) is 11.2. The van der Waals surface area contributed by atoms with Gasteiger partial charge in [-0.25, -0.2) is 14.6 Å². The molecule has 0 aromatic heterocycles. The summed E-state index contributed by atoms with van der Waals surface area (Å²) in [6, 6.07) is 0.0457. The highest BCUT2D eigenvalue weighted by molar-refractivity contribution is 5.79. The average molecular weight is 206 g/mol. The second-order valence-electron chi connectivity index (χ2n) is 3.49. The number of nitrogens with two attached hydrogens (primary N) is 1. The monoisotopic (exact) mass is 206 g/mol. The van der Waals surface area contributed by atoms with E-state index in [2.05, 4.69) is 15.7 Å². The molecule has 0 bridgehead atoms. The molecule has 1 aliphatic rings. The standard InChI is InChI=1S/C8H16F2N4/c1-12-7(14-11)13-6-2-4-8(9,10)5-3-6/h6H,2-5,11H2,1H3,(H2,12,13,14). The first-order valence-electron chi connectivity index (χ1n) is 4.65. The maximum Gasteiger partial charge on any atom is 0.248 e. The van der Waals surface area contributed by atoms with Crippen LogP contribution in [0.4, 0.5) is 8.78 Å². The molecule has 4 nitrogen and oxygen atoms in total. The van der Waals surface area contributed by atoms with Gasteiger partial charge >= 0.3 is 0 Å². The Kier molecular flexibility index (Phi) is 3.62. The molecule has 0 aliphatic heterocycles. The zero-order valence-corrected chi connectivity index (χ0v) is 8.19. The molecule has 0 aromatic rings. The molecule has 82 valence electrons. The van der Waals surface area contributed by atoms with Crippen molar-refractivity contribution in [2.24, 2.45) is 10.8 Å². The maximum absolute atomic E-state index is 12.8. The van der Waals surface area contributed by atoms with E-state index in [4.69, 9.17) is 5.84 Å². The van der Waals surface area contributed by atoms with E-state index >= 15 is 0 Å². The molecular formula is C8H16F2N4. The summed E-state index contributed by atoms with van der Waals surface area (Å²) in [6.07, 6.45) is 0.778. The summed E-state index contributed by atoms with van der Waals surface area (Å²) in [4.78, 5) is 3.82. The second kappa shape index (κ2) is 4.54. The number of hydrazine groups is 1. The molecule has 0 atom stereocenters.